The van der Waals surface area contributed by atoms with Gasteiger partial charge in [0, 0.05) is 0 Å². The third-order valence-electron chi connectivity index (χ3n) is 19.8. The second-order valence-electron chi connectivity index (χ2n) is 26.8. The Labute approximate surface area is 533 Å². The van der Waals surface area contributed by atoms with Gasteiger partial charge in [-0.2, -0.15) is 0 Å². The Hall–Kier alpha value is -4.25. The van der Waals surface area contributed by atoms with E-state index in [1.165, 1.54) is 265 Å². The van der Waals surface area contributed by atoms with Crippen molar-refractivity contribution < 1.29 is 0 Å². The molecule has 0 aliphatic heterocycles. The van der Waals surface area contributed by atoms with Gasteiger partial charge < -0.3 is 0 Å². The quantitative estimate of drug-likeness (QED) is 0.0203. The summed E-state index contributed by atoms with van der Waals surface area (Å²) in [5, 5.41) is 9.45. The standard InChI is InChI=1S/C84H126Si2/c1-7-13-19-25-31-37-43-73-49-61-79(62-50-73)85(80-63-51-74(52-64-80)44-38-32-26-20-14-8-2,81-65-53-75(54-66-81)45-39-33-27-21-15-9-3)86(82-67-55-76(56-68-82)46-40-34-28-22-16-10-4,83-69-57-77(58-70-83)47-41-35-29-23-17-11-5)84-71-59-78(60-72-84)48-42-36-30-24-18-12-6/h49-72H,7-48H2,1-6H3. The first kappa shape index (κ1) is 70.8. The molecule has 0 amide bonds. The highest BCUT2D eigenvalue weighted by Gasteiger charge is 2.61. The summed E-state index contributed by atoms with van der Waals surface area (Å²) in [5.41, 5.74) is 9.00. The fourth-order valence-corrected chi connectivity index (χ4v) is 33.9. The lowest BCUT2D eigenvalue weighted by molar-refractivity contribution is 0.607. The molecular formula is C84H126Si2. The van der Waals surface area contributed by atoms with Crippen LogP contribution in [0.1, 0.15) is 306 Å². The zero-order chi connectivity index (χ0) is 60.6. The maximum Gasteiger partial charge on any atom is 0.154 e. The molecule has 0 nitrogen and oxygen atoms in total. The minimum absolute atomic E-state index is 1.16. The van der Waals surface area contributed by atoms with E-state index in [1.54, 1.807) is 31.1 Å². The van der Waals surface area contributed by atoms with Crippen molar-refractivity contribution in [2.24, 2.45) is 0 Å². The van der Waals surface area contributed by atoms with Gasteiger partial charge in [-0.3, -0.25) is 0 Å². The van der Waals surface area contributed by atoms with Gasteiger partial charge in [0.15, 0.2) is 15.2 Å². The SMILES string of the molecule is CCCCCCCCc1ccc([Si](c2ccc(CCCCCCCC)cc2)(c2ccc(CCCCCCCC)cc2)[Si](c2ccc(CCCCCCCC)cc2)(c2ccc(CCCCCCCC)cc2)c2ccc(CCCCCCCC)cc2)cc1. The molecule has 0 bridgehead atoms. The lowest BCUT2D eigenvalue weighted by Crippen LogP contribution is -2.94. The van der Waals surface area contributed by atoms with Crippen LogP contribution in [-0.2, 0) is 38.5 Å². The summed E-state index contributed by atoms with van der Waals surface area (Å²) in [6.07, 6.45) is 54.8. The summed E-state index contributed by atoms with van der Waals surface area (Å²) in [7, 11) is -6.40. The van der Waals surface area contributed by atoms with Gasteiger partial charge in [0.25, 0.3) is 0 Å². The molecule has 0 atom stereocenters. The molecule has 6 aromatic carbocycles. The third-order valence-corrected chi connectivity index (χ3v) is 36.7. The van der Waals surface area contributed by atoms with Crippen molar-refractivity contribution in [3.05, 3.63) is 179 Å². The van der Waals surface area contributed by atoms with Crippen molar-refractivity contribution in [3.8, 4) is 0 Å². The van der Waals surface area contributed by atoms with Crippen molar-refractivity contribution in [1.82, 2.24) is 0 Å². The third kappa shape index (κ3) is 22.4. The molecule has 0 N–H and O–H groups in total. The van der Waals surface area contributed by atoms with Crippen LogP contribution in [0.2, 0.25) is 0 Å². The van der Waals surface area contributed by atoms with Gasteiger partial charge in [-0.05, 0) is 110 Å². The Balaban J connectivity index is 1.64. The monoisotopic (exact) mass is 1190 g/mol. The van der Waals surface area contributed by atoms with Gasteiger partial charge in [0.05, 0.1) is 0 Å². The largest absolute Gasteiger partial charge is 0.154 e. The number of unbranched alkanes of at least 4 members (excludes halogenated alkanes) is 30. The van der Waals surface area contributed by atoms with Crippen molar-refractivity contribution in [2.45, 2.75) is 311 Å². The predicted octanol–water partition coefficient (Wildman–Crippen LogP) is 21.8. The van der Waals surface area contributed by atoms with Crippen LogP contribution in [-0.4, -0.2) is 15.2 Å². The first-order valence-electron chi connectivity index (χ1n) is 37.0. The summed E-state index contributed by atoms with van der Waals surface area (Å²) in [4.78, 5) is 0. The topological polar surface area (TPSA) is 0 Å². The van der Waals surface area contributed by atoms with E-state index >= 15 is 0 Å². The van der Waals surface area contributed by atoms with Crippen LogP contribution in [0.25, 0.3) is 0 Å². The van der Waals surface area contributed by atoms with E-state index in [4.69, 9.17) is 0 Å². The molecule has 0 saturated heterocycles. The van der Waals surface area contributed by atoms with E-state index in [0.717, 1.165) is 38.5 Å². The fourth-order valence-electron chi connectivity index (χ4n) is 14.5. The maximum absolute atomic E-state index is 3.20. The normalized spacial score (nSPS) is 11.9. The van der Waals surface area contributed by atoms with Gasteiger partial charge >= 0.3 is 0 Å². The highest BCUT2D eigenvalue weighted by molar-refractivity contribution is 7.67. The average molecular weight is 1190 g/mol. The van der Waals surface area contributed by atoms with Crippen LogP contribution in [0.15, 0.2) is 146 Å². The predicted molar refractivity (Wildman–Crippen MR) is 390 cm³/mol. The molecule has 6 rings (SSSR count). The van der Waals surface area contributed by atoms with Crippen LogP contribution in [0.5, 0.6) is 0 Å². The second kappa shape index (κ2) is 42.6. The number of aryl methyl sites for hydroxylation is 6. The average Bonchev–Trinajstić information content (AvgIpc) is 0.717. The van der Waals surface area contributed by atoms with E-state index in [0.29, 0.717) is 0 Å². The van der Waals surface area contributed by atoms with Gasteiger partial charge in [-0.1, -0.05) is 411 Å². The van der Waals surface area contributed by atoms with Crippen LogP contribution < -0.4 is 31.1 Å². The molecule has 0 aliphatic rings. The molecule has 6 aromatic rings. The van der Waals surface area contributed by atoms with Crippen molar-refractivity contribution >= 4 is 46.3 Å². The number of hydrogen-bond acceptors (Lipinski definition) is 0. The lowest BCUT2D eigenvalue weighted by Gasteiger charge is -2.50. The summed E-state index contributed by atoms with van der Waals surface area (Å²) in [5.74, 6) is 0. The number of hydrogen-bond donors (Lipinski definition) is 0. The first-order chi connectivity index (χ1) is 42.5. The first-order valence-corrected chi connectivity index (χ1v) is 42.0. The van der Waals surface area contributed by atoms with Crippen LogP contribution in [0, 0.1) is 0 Å². The van der Waals surface area contributed by atoms with Crippen molar-refractivity contribution in [3.63, 3.8) is 0 Å². The van der Waals surface area contributed by atoms with E-state index in [2.05, 4.69) is 187 Å². The van der Waals surface area contributed by atoms with Gasteiger partial charge in [0.2, 0.25) is 0 Å². The molecule has 0 aromatic heterocycles. The molecule has 0 saturated carbocycles. The molecule has 0 spiro atoms. The van der Waals surface area contributed by atoms with Gasteiger partial charge in [-0.15, -0.1) is 0 Å². The Morgan fingerprint density at radius 1 is 0.151 bits per heavy atom. The Kier molecular flexibility index (Phi) is 35.1. The van der Waals surface area contributed by atoms with Crippen molar-refractivity contribution in [2.75, 3.05) is 0 Å². The minimum Gasteiger partial charge on any atom is -0.0654 e. The van der Waals surface area contributed by atoms with E-state index in [-0.39, 0.29) is 0 Å². The summed E-state index contributed by atoms with van der Waals surface area (Å²) >= 11 is 0. The molecule has 86 heavy (non-hydrogen) atoms. The van der Waals surface area contributed by atoms with E-state index in [9.17, 15) is 0 Å². The Bertz CT molecular complexity index is 2110. The summed E-state index contributed by atoms with van der Waals surface area (Å²) < 4.78 is 0. The number of benzene rings is 6. The molecule has 2 heteroatoms. The minimum atomic E-state index is -3.20. The molecule has 0 unspecified atom stereocenters. The van der Waals surface area contributed by atoms with Gasteiger partial charge in [0.1, 0.15) is 0 Å². The van der Waals surface area contributed by atoms with E-state index < -0.39 is 15.2 Å². The van der Waals surface area contributed by atoms with Crippen molar-refractivity contribution in [1.29, 1.82) is 0 Å². The smallest absolute Gasteiger partial charge is 0.0654 e. The Morgan fingerprint density at radius 3 is 0.395 bits per heavy atom. The zero-order valence-corrected chi connectivity index (χ0v) is 58.6. The van der Waals surface area contributed by atoms with Gasteiger partial charge in [-0.25, -0.2) is 0 Å². The molecule has 0 aliphatic carbocycles. The lowest BCUT2D eigenvalue weighted by atomic mass is 10.1. The summed E-state index contributed by atoms with van der Waals surface area (Å²) in [6.45, 7) is 14.0. The second-order valence-corrected chi connectivity index (χ2v) is 37.8. The molecular weight excluding hydrogens is 1070 g/mol. The molecule has 0 heterocycles. The molecule has 0 fully saturated rings. The maximum atomic E-state index is 2.70. The van der Waals surface area contributed by atoms with Crippen LogP contribution in [0.3, 0.4) is 0 Å². The van der Waals surface area contributed by atoms with Crippen LogP contribution in [0.4, 0.5) is 0 Å². The summed E-state index contributed by atoms with van der Waals surface area (Å²) in [6, 6.07) is 63.5. The zero-order valence-electron chi connectivity index (χ0n) is 56.6. The molecule has 0 radical (unpaired) electrons. The highest BCUT2D eigenvalue weighted by atomic mass is 29.3. The molecule has 470 valence electrons. The van der Waals surface area contributed by atoms with E-state index in [1.807, 2.05) is 0 Å². The number of rotatable bonds is 49. The fraction of sp³-hybridized carbons (Fsp3) is 0.571. The van der Waals surface area contributed by atoms with Crippen LogP contribution >= 0.6 is 0 Å². The highest BCUT2D eigenvalue weighted by Crippen LogP contribution is 2.27. The Morgan fingerprint density at radius 2 is 0.267 bits per heavy atom.